The molecule has 3 N–H and O–H groups in total. The number of carboxylic acid groups (broad SMARTS) is 1. The first-order chi connectivity index (χ1) is 9.77. The van der Waals surface area contributed by atoms with Gasteiger partial charge in [0, 0.05) is 16.8 Å². The van der Waals surface area contributed by atoms with Crippen molar-refractivity contribution in [3.63, 3.8) is 0 Å². The smallest absolute Gasteiger partial charge is 0.163 e. The van der Waals surface area contributed by atoms with Crippen LogP contribution in [0.15, 0.2) is 0 Å². The van der Waals surface area contributed by atoms with Crippen molar-refractivity contribution in [2.45, 2.75) is 103 Å². The minimum absolute atomic E-state index is 0. The molecular formula is C18H37CoO3-. The maximum Gasteiger partial charge on any atom is 0.163 e. The van der Waals surface area contributed by atoms with E-state index in [-0.39, 0.29) is 22.3 Å². The van der Waals surface area contributed by atoms with Crippen LogP contribution in [-0.2, 0) is 21.6 Å². The molecule has 0 aliphatic heterocycles. The molecule has 0 saturated carbocycles. The normalized spacial score (nSPS) is 9.68. The average molecular weight is 360 g/mol. The first-order valence-electron chi connectivity index (χ1n) is 8.83. The third-order valence-electron chi connectivity index (χ3n) is 3.88. The standard InChI is InChI=1S/C18H35O2.Co.H2O/c1-2-3-4-5-6-7-8-9-10-11-12-13-14-15-16-17-18(19)20;;/h17H,2-16H2,1H3,(H,19,20);;1H2/q-1;;. The van der Waals surface area contributed by atoms with Gasteiger partial charge in [-0.2, -0.15) is 6.42 Å². The van der Waals surface area contributed by atoms with Crippen molar-refractivity contribution in [1.29, 1.82) is 0 Å². The number of carbonyl (C=O) groups is 1. The molecule has 0 aromatic carbocycles. The topological polar surface area (TPSA) is 68.8 Å². The molecule has 0 aliphatic carbocycles. The minimum Gasteiger partial charge on any atom is -0.503 e. The zero-order chi connectivity index (χ0) is 14.9. The Morgan fingerprint density at radius 2 is 1.05 bits per heavy atom. The molecule has 0 atom stereocenters. The summed E-state index contributed by atoms with van der Waals surface area (Å²) in [5, 5.41) is 8.46. The summed E-state index contributed by atoms with van der Waals surface area (Å²) in [5.41, 5.74) is 0. The molecule has 0 unspecified atom stereocenters. The predicted octanol–water partition coefficient (Wildman–Crippen LogP) is 5.32. The second-order valence-corrected chi connectivity index (χ2v) is 5.93. The van der Waals surface area contributed by atoms with Gasteiger partial charge in [0.05, 0.1) is 0 Å². The first-order valence-corrected chi connectivity index (χ1v) is 8.83. The van der Waals surface area contributed by atoms with Crippen LogP contribution in [-0.4, -0.2) is 16.6 Å². The van der Waals surface area contributed by atoms with Crippen molar-refractivity contribution < 1.29 is 32.2 Å². The van der Waals surface area contributed by atoms with Crippen LogP contribution < -0.4 is 0 Å². The fourth-order valence-electron chi connectivity index (χ4n) is 2.56. The van der Waals surface area contributed by atoms with Gasteiger partial charge >= 0.3 is 0 Å². The SMILES string of the molecule is CCCCCCCCCCCCCCCC[CH-]C(=O)O.O.[Co]. The number of aliphatic carboxylic acids is 1. The molecule has 1 radical (unpaired) electrons. The molecule has 0 rings (SSSR count). The second-order valence-electron chi connectivity index (χ2n) is 5.93. The first kappa shape index (κ1) is 26.7. The van der Waals surface area contributed by atoms with Gasteiger partial charge in [0.15, 0.2) is 5.97 Å². The van der Waals surface area contributed by atoms with Crippen LogP contribution in [0.2, 0.25) is 0 Å². The van der Waals surface area contributed by atoms with E-state index in [9.17, 15) is 4.79 Å². The average Bonchev–Trinajstić information content (AvgIpc) is 2.43. The van der Waals surface area contributed by atoms with Crippen LogP contribution in [0.3, 0.4) is 0 Å². The molecule has 0 heterocycles. The number of hydrogen-bond donors (Lipinski definition) is 1. The summed E-state index contributed by atoms with van der Waals surface area (Å²) < 4.78 is 0. The van der Waals surface area contributed by atoms with Crippen molar-refractivity contribution in [3.05, 3.63) is 6.42 Å². The monoisotopic (exact) mass is 360 g/mol. The third-order valence-corrected chi connectivity index (χ3v) is 3.88. The van der Waals surface area contributed by atoms with Crippen LogP contribution in [0.5, 0.6) is 0 Å². The zero-order valence-electron chi connectivity index (χ0n) is 14.4. The molecule has 0 aliphatic rings. The molecule has 0 fully saturated rings. The third kappa shape index (κ3) is 24.8. The quantitative estimate of drug-likeness (QED) is 0.299. The summed E-state index contributed by atoms with van der Waals surface area (Å²) in [6.07, 6.45) is 20.9. The number of hydrogen-bond acceptors (Lipinski definition) is 1. The number of rotatable bonds is 16. The summed E-state index contributed by atoms with van der Waals surface area (Å²) >= 11 is 0. The minimum atomic E-state index is -0.778. The fraction of sp³-hybridized carbons (Fsp3) is 0.889. The second kappa shape index (κ2) is 23.1. The van der Waals surface area contributed by atoms with Crippen LogP contribution >= 0.6 is 0 Å². The molecule has 137 valence electrons. The van der Waals surface area contributed by atoms with Crippen molar-refractivity contribution >= 4 is 5.97 Å². The van der Waals surface area contributed by atoms with E-state index in [1.165, 1.54) is 89.9 Å². The summed E-state index contributed by atoms with van der Waals surface area (Å²) in [5.74, 6) is -0.778. The number of carboxylic acids is 1. The van der Waals surface area contributed by atoms with E-state index in [0.29, 0.717) is 0 Å². The molecule has 0 amide bonds. The zero-order valence-corrected chi connectivity index (χ0v) is 15.4. The van der Waals surface area contributed by atoms with Crippen LogP contribution in [0, 0.1) is 6.42 Å². The molecule has 0 aromatic rings. The molecule has 22 heavy (non-hydrogen) atoms. The van der Waals surface area contributed by atoms with E-state index in [4.69, 9.17) is 5.11 Å². The molecule has 0 aromatic heterocycles. The largest absolute Gasteiger partial charge is 0.503 e. The fourth-order valence-corrected chi connectivity index (χ4v) is 2.56. The van der Waals surface area contributed by atoms with E-state index in [1.807, 2.05) is 0 Å². The molecule has 0 saturated heterocycles. The van der Waals surface area contributed by atoms with Crippen molar-refractivity contribution in [1.82, 2.24) is 0 Å². The Kier molecular flexibility index (Phi) is 28.0. The van der Waals surface area contributed by atoms with Gasteiger partial charge in [-0.05, 0) is 0 Å². The molecular weight excluding hydrogens is 323 g/mol. The Hall–Kier alpha value is -0.194. The Labute approximate surface area is 148 Å². The van der Waals surface area contributed by atoms with Crippen molar-refractivity contribution in [2.75, 3.05) is 0 Å². The van der Waals surface area contributed by atoms with Gasteiger partial charge in [-0.3, -0.25) is 11.2 Å². The van der Waals surface area contributed by atoms with Gasteiger partial charge in [0.2, 0.25) is 0 Å². The Morgan fingerprint density at radius 1 is 0.727 bits per heavy atom. The maximum absolute atomic E-state index is 10.3. The van der Waals surface area contributed by atoms with Crippen molar-refractivity contribution in [3.8, 4) is 0 Å². The summed E-state index contributed by atoms with van der Waals surface area (Å²) in [4.78, 5) is 10.3. The van der Waals surface area contributed by atoms with Gasteiger partial charge in [-0.1, -0.05) is 96.8 Å². The van der Waals surface area contributed by atoms with E-state index < -0.39 is 5.97 Å². The van der Waals surface area contributed by atoms with Crippen LogP contribution in [0.4, 0.5) is 0 Å². The van der Waals surface area contributed by atoms with Crippen LogP contribution in [0.25, 0.3) is 0 Å². The van der Waals surface area contributed by atoms with E-state index >= 15 is 0 Å². The van der Waals surface area contributed by atoms with Gasteiger partial charge in [-0.15, -0.1) is 0 Å². The van der Waals surface area contributed by atoms with Crippen molar-refractivity contribution in [2.24, 2.45) is 0 Å². The van der Waals surface area contributed by atoms with Gasteiger partial charge in [-0.25, -0.2) is 0 Å². The number of unbranched alkanes of at least 4 members (excludes halogenated alkanes) is 14. The van der Waals surface area contributed by atoms with Crippen LogP contribution in [0.1, 0.15) is 103 Å². The van der Waals surface area contributed by atoms with Gasteiger partial charge < -0.3 is 10.6 Å². The Morgan fingerprint density at radius 3 is 1.36 bits per heavy atom. The van der Waals surface area contributed by atoms with E-state index in [1.54, 1.807) is 0 Å². The molecule has 3 nitrogen and oxygen atoms in total. The Balaban J connectivity index is -0.00000180. The van der Waals surface area contributed by atoms with E-state index in [0.717, 1.165) is 12.8 Å². The summed E-state index contributed by atoms with van der Waals surface area (Å²) in [7, 11) is 0. The summed E-state index contributed by atoms with van der Waals surface area (Å²) in [6, 6.07) is 0. The molecule has 0 spiro atoms. The summed E-state index contributed by atoms with van der Waals surface area (Å²) in [6.45, 7) is 2.27. The van der Waals surface area contributed by atoms with Gasteiger partial charge in [0.25, 0.3) is 0 Å². The molecule has 0 bridgehead atoms. The maximum atomic E-state index is 10.3. The van der Waals surface area contributed by atoms with E-state index in [2.05, 4.69) is 6.92 Å². The molecule has 4 heteroatoms. The Bertz CT molecular complexity index is 211. The van der Waals surface area contributed by atoms with Gasteiger partial charge in [0.1, 0.15) is 0 Å². The predicted molar refractivity (Wildman–Crippen MR) is 90.5 cm³/mol.